The number of aliphatic hydroxyl groups is 2. The third-order valence-corrected chi connectivity index (χ3v) is 3.14. The fourth-order valence-corrected chi connectivity index (χ4v) is 2.87. The number of nitrogens with zero attached hydrogens (tertiary/aromatic N) is 2. The first-order valence-electron chi connectivity index (χ1n) is 7.12. The maximum atomic E-state index is 10.1. The minimum Gasteiger partial charge on any atom is -0.390 e. The molecule has 1 aliphatic heterocycles. The largest absolute Gasteiger partial charge is 0.390 e. The topological polar surface area (TPSA) is 56.2 Å². The van der Waals surface area contributed by atoms with E-state index in [2.05, 4.69) is 18.7 Å². The summed E-state index contributed by atoms with van der Waals surface area (Å²) in [5.74, 6) is 0. The van der Waals surface area contributed by atoms with E-state index in [0.29, 0.717) is 19.6 Å². The number of ether oxygens (including phenoxy) is 1. The molecule has 0 spiro atoms. The highest BCUT2D eigenvalue weighted by Crippen LogP contribution is 2.11. The quantitative estimate of drug-likeness (QED) is 0.722. The van der Waals surface area contributed by atoms with Crippen LogP contribution in [0, 0.1) is 0 Å². The molecule has 1 fully saturated rings. The first-order valence-corrected chi connectivity index (χ1v) is 7.12. The number of aliphatic hydroxyl groups excluding tert-OH is 1. The molecule has 0 aromatic rings. The summed E-state index contributed by atoms with van der Waals surface area (Å²) in [7, 11) is 1.92. The number of morpholine rings is 1. The van der Waals surface area contributed by atoms with E-state index in [1.807, 2.05) is 11.9 Å². The highest BCUT2D eigenvalue weighted by molar-refractivity contribution is 4.78. The lowest BCUT2D eigenvalue weighted by molar-refractivity contribution is -0.0784. The molecular weight excluding hydrogens is 244 g/mol. The van der Waals surface area contributed by atoms with E-state index in [1.165, 1.54) is 0 Å². The van der Waals surface area contributed by atoms with Crippen LogP contribution in [0.1, 0.15) is 27.7 Å². The summed E-state index contributed by atoms with van der Waals surface area (Å²) in [4.78, 5) is 4.22. The maximum absolute atomic E-state index is 10.1. The first kappa shape index (κ1) is 16.9. The van der Waals surface area contributed by atoms with E-state index in [1.54, 1.807) is 13.8 Å². The molecule has 3 atom stereocenters. The number of rotatable bonds is 6. The van der Waals surface area contributed by atoms with Gasteiger partial charge in [0.2, 0.25) is 0 Å². The number of β-amino-alcohol motifs (C(OH)–C–C–N with tert-alkyl or cyclic N) is 1. The lowest BCUT2D eigenvalue weighted by atomic mass is 10.1. The molecule has 1 rings (SSSR count). The van der Waals surface area contributed by atoms with E-state index >= 15 is 0 Å². The standard InChI is InChI=1S/C14H30N2O3/c1-11-6-16(7-12(2)19-11)9-13(17)8-15(5)10-14(3,4)18/h11-13,17-18H,6-10H2,1-5H3. The Morgan fingerprint density at radius 1 is 1.32 bits per heavy atom. The monoisotopic (exact) mass is 274 g/mol. The van der Waals surface area contributed by atoms with Crippen LogP contribution in [-0.2, 0) is 4.74 Å². The predicted molar refractivity (Wildman–Crippen MR) is 76.3 cm³/mol. The fourth-order valence-electron chi connectivity index (χ4n) is 2.87. The minimum absolute atomic E-state index is 0.227. The highest BCUT2D eigenvalue weighted by atomic mass is 16.5. The van der Waals surface area contributed by atoms with E-state index in [4.69, 9.17) is 4.74 Å². The molecule has 2 N–H and O–H groups in total. The Kier molecular flexibility index (Phi) is 6.20. The molecule has 0 aromatic heterocycles. The van der Waals surface area contributed by atoms with Crippen molar-refractivity contribution >= 4 is 0 Å². The first-order chi connectivity index (χ1) is 8.65. The van der Waals surface area contributed by atoms with Gasteiger partial charge >= 0.3 is 0 Å². The van der Waals surface area contributed by atoms with Crippen molar-refractivity contribution in [2.75, 3.05) is 39.8 Å². The number of likely N-dealkylation sites (N-methyl/N-ethyl adjacent to an activating group) is 1. The molecule has 0 amide bonds. The molecule has 1 aliphatic rings. The van der Waals surface area contributed by atoms with E-state index in [9.17, 15) is 10.2 Å². The summed E-state index contributed by atoms with van der Waals surface area (Å²) in [5, 5.41) is 19.9. The van der Waals surface area contributed by atoms with Crippen LogP contribution in [0.15, 0.2) is 0 Å². The lowest BCUT2D eigenvalue weighted by Gasteiger charge is -2.37. The molecule has 0 aliphatic carbocycles. The second kappa shape index (κ2) is 6.99. The molecule has 3 unspecified atom stereocenters. The lowest BCUT2D eigenvalue weighted by Crippen LogP contribution is -2.50. The molecule has 0 saturated carbocycles. The van der Waals surface area contributed by atoms with Gasteiger partial charge in [-0.15, -0.1) is 0 Å². The van der Waals surface area contributed by atoms with Crippen LogP contribution in [0.2, 0.25) is 0 Å². The Balaban J connectivity index is 2.32. The van der Waals surface area contributed by atoms with E-state index in [0.717, 1.165) is 13.1 Å². The van der Waals surface area contributed by atoms with Crippen molar-refractivity contribution in [2.45, 2.75) is 51.6 Å². The predicted octanol–water partition coefficient (Wildman–Crippen LogP) is 0.159. The van der Waals surface area contributed by atoms with E-state index in [-0.39, 0.29) is 12.2 Å². The Morgan fingerprint density at radius 2 is 1.84 bits per heavy atom. The Morgan fingerprint density at radius 3 is 2.32 bits per heavy atom. The van der Waals surface area contributed by atoms with Gasteiger partial charge in [-0.25, -0.2) is 0 Å². The Hall–Kier alpha value is -0.200. The van der Waals surface area contributed by atoms with Gasteiger partial charge in [-0.2, -0.15) is 0 Å². The zero-order valence-corrected chi connectivity index (χ0v) is 13.0. The van der Waals surface area contributed by atoms with Crippen molar-refractivity contribution in [3.05, 3.63) is 0 Å². The molecule has 0 aromatic carbocycles. The average Bonchev–Trinajstić information content (AvgIpc) is 2.10. The Bertz CT molecular complexity index is 258. The van der Waals surface area contributed by atoms with Crippen molar-refractivity contribution in [3.63, 3.8) is 0 Å². The van der Waals surface area contributed by atoms with Crippen molar-refractivity contribution in [1.82, 2.24) is 9.80 Å². The van der Waals surface area contributed by atoms with Crippen molar-refractivity contribution < 1.29 is 14.9 Å². The molecule has 19 heavy (non-hydrogen) atoms. The summed E-state index contributed by atoms with van der Waals surface area (Å²) in [6, 6.07) is 0. The van der Waals surface area contributed by atoms with Gasteiger partial charge in [-0.05, 0) is 34.7 Å². The second-order valence-electron chi connectivity index (χ2n) is 6.64. The van der Waals surface area contributed by atoms with Crippen LogP contribution in [0.3, 0.4) is 0 Å². The SMILES string of the molecule is CC1CN(CC(O)CN(C)CC(C)(C)O)CC(C)O1. The van der Waals surface area contributed by atoms with Crippen LogP contribution < -0.4 is 0 Å². The summed E-state index contributed by atoms with van der Waals surface area (Å²) in [5.41, 5.74) is -0.726. The minimum atomic E-state index is -0.726. The molecular formula is C14H30N2O3. The smallest absolute Gasteiger partial charge is 0.0793 e. The van der Waals surface area contributed by atoms with Crippen molar-refractivity contribution in [1.29, 1.82) is 0 Å². The van der Waals surface area contributed by atoms with Crippen LogP contribution >= 0.6 is 0 Å². The molecule has 0 radical (unpaired) electrons. The van der Waals surface area contributed by atoms with Gasteiger partial charge in [-0.1, -0.05) is 0 Å². The van der Waals surface area contributed by atoms with Gasteiger partial charge in [0, 0.05) is 32.7 Å². The van der Waals surface area contributed by atoms with Crippen molar-refractivity contribution in [2.24, 2.45) is 0 Å². The van der Waals surface area contributed by atoms with Gasteiger partial charge in [0.15, 0.2) is 0 Å². The summed E-state index contributed by atoms with van der Waals surface area (Å²) in [6.07, 6.45) is 0.0555. The third-order valence-electron chi connectivity index (χ3n) is 3.14. The van der Waals surface area contributed by atoms with E-state index < -0.39 is 11.7 Å². The molecule has 1 heterocycles. The van der Waals surface area contributed by atoms with Crippen LogP contribution in [0.5, 0.6) is 0 Å². The zero-order valence-electron chi connectivity index (χ0n) is 13.0. The van der Waals surface area contributed by atoms with Gasteiger partial charge < -0.3 is 19.8 Å². The molecule has 0 bridgehead atoms. The third kappa shape index (κ3) is 7.22. The van der Waals surface area contributed by atoms with Gasteiger partial charge in [0.1, 0.15) is 0 Å². The van der Waals surface area contributed by atoms with Crippen LogP contribution in [0.4, 0.5) is 0 Å². The number of hydrogen-bond donors (Lipinski definition) is 2. The molecule has 5 heteroatoms. The normalized spacial score (nSPS) is 27.8. The van der Waals surface area contributed by atoms with Gasteiger partial charge in [0.25, 0.3) is 0 Å². The summed E-state index contributed by atoms with van der Waals surface area (Å²) < 4.78 is 5.68. The maximum Gasteiger partial charge on any atom is 0.0793 e. The van der Waals surface area contributed by atoms with Gasteiger partial charge in [-0.3, -0.25) is 4.90 Å². The number of hydrogen-bond acceptors (Lipinski definition) is 5. The van der Waals surface area contributed by atoms with Crippen LogP contribution in [0.25, 0.3) is 0 Å². The second-order valence-corrected chi connectivity index (χ2v) is 6.64. The Labute approximate surface area is 117 Å². The van der Waals surface area contributed by atoms with Crippen molar-refractivity contribution in [3.8, 4) is 0 Å². The zero-order chi connectivity index (χ0) is 14.6. The molecule has 1 saturated heterocycles. The van der Waals surface area contributed by atoms with Gasteiger partial charge in [0.05, 0.1) is 23.9 Å². The average molecular weight is 274 g/mol. The van der Waals surface area contributed by atoms with Crippen LogP contribution in [-0.4, -0.2) is 83.7 Å². The fraction of sp³-hybridized carbons (Fsp3) is 1.00. The molecule has 114 valence electrons. The molecule has 5 nitrogen and oxygen atoms in total. The summed E-state index contributed by atoms with van der Waals surface area (Å²) in [6.45, 7) is 11.2. The highest BCUT2D eigenvalue weighted by Gasteiger charge is 2.24. The summed E-state index contributed by atoms with van der Waals surface area (Å²) >= 11 is 0.